The van der Waals surface area contributed by atoms with Crippen molar-refractivity contribution < 1.29 is 57.4 Å². The maximum absolute atomic E-state index is 14.2. The number of carbonyl (C=O) groups excluding carboxylic acids is 6. The summed E-state index contributed by atoms with van der Waals surface area (Å²) in [6, 6.07) is 8.40. The van der Waals surface area contributed by atoms with E-state index in [1.165, 1.54) is 31.2 Å². The second kappa shape index (κ2) is 13.1. The van der Waals surface area contributed by atoms with Gasteiger partial charge in [-0.05, 0) is 19.9 Å². The number of fused-ring (bicyclic) bond motifs is 3. The van der Waals surface area contributed by atoms with Gasteiger partial charge < -0.3 is 23.7 Å². The molecule has 0 aromatic heterocycles. The van der Waals surface area contributed by atoms with E-state index in [-0.39, 0.29) is 32.5 Å². The lowest BCUT2D eigenvalue weighted by molar-refractivity contribution is -0.383. The van der Waals surface area contributed by atoms with Gasteiger partial charge in [0.25, 0.3) is 5.69 Å². The topological polar surface area (TPSA) is 192 Å². The zero-order valence-corrected chi connectivity index (χ0v) is 26.9. The molecule has 0 amide bonds. The number of hydrogen-bond acceptors (Lipinski definition) is 13. The second-order valence-electron chi connectivity index (χ2n) is 11.3. The molecule has 5 atom stereocenters. The Morgan fingerprint density at radius 3 is 2.06 bits per heavy atom. The Morgan fingerprint density at radius 1 is 0.854 bits per heavy atom. The molecule has 0 unspecified atom stereocenters. The minimum Gasteiger partial charge on any atom is -0.459 e. The molecule has 3 aromatic rings. The minimum atomic E-state index is -1.86. The van der Waals surface area contributed by atoms with E-state index >= 15 is 0 Å². The number of Topliss-reactive ketones (excluding diaryl/α,β-unsaturated/α-hetero) is 1. The summed E-state index contributed by atoms with van der Waals surface area (Å²) in [4.78, 5) is 88.9. The lowest BCUT2D eigenvalue weighted by Gasteiger charge is -2.44. The van der Waals surface area contributed by atoms with Crippen molar-refractivity contribution in [2.24, 2.45) is 0 Å². The first-order valence-electron chi connectivity index (χ1n) is 14.6. The number of ketones is 3. The quantitative estimate of drug-likeness (QED) is 0.110. The first-order valence-corrected chi connectivity index (χ1v) is 14.9. The van der Waals surface area contributed by atoms with E-state index in [0.717, 1.165) is 26.8 Å². The third-order valence-corrected chi connectivity index (χ3v) is 8.13. The van der Waals surface area contributed by atoms with Crippen LogP contribution < -0.4 is 4.74 Å². The number of hydrogen-bond donors (Lipinski definition) is 0. The molecule has 0 saturated carbocycles. The highest BCUT2D eigenvalue weighted by molar-refractivity contribution is 6.44. The molecule has 14 nitrogen and oxygen atoms in total. The van der Waals surface area contributed by atoms with Crippen LogP contribution in [0.2, 0.25) is 5.02 Å². The van der Waals surface area contributed by atoms with Crippen molar-refractivity contribution in [3.8, 4) is 5.75 Å². The Bertz CT molecular complexity index is 1940. The molecule has 1 aliphatic heterocycles. The fourth-order valence-corrected chi connectivity index (χ4v) is 6.31. The summed E-state index contributed by atoms with van der Waals surface area (Å²) >= 11 is 6.75. The standard InChI is InChI=1S/C33H28ClNO13/c1-13-9-10-18-20(11-13)28(41)24-25(27(18)40)30(23-19(26(24)34)7-6-8-21(23)35(42)43)48-33-32(46-17(5)39)31(45-16(4)38)29(44-15(3)37)22(47-33)12-14(2)36/h6-11,22,29,31-33H,12H2,1-5H3/t22-,29-,31-,32+,33+/m0/s1. The molecule has 250 valence electrons. The predicted octanol–water partition coefficient (Wildman–Crippen LogP) is 4.36. The molecule has 0 spiro atoms. The van der Waals surface area contributed by atoms with Crippen molar-refractivity contribution in [2.45, 2.75) is 71.7 Å². The fraction of sp³-hybridized carbons (Fsp3) is 0.333. The van der Waals surface area contributed by atoms with Crippen LogP contribution in [0.25, 0.3) is 10.8 Å². The molecule has 1 saturated heterocycles. The lowest BCUT2D eigenvalue weighted by atomic mass is 9.81. The molecule has 0 bridgehead atoms. The molecule has 0 N–H and O–H groups in total. The number of benzene rings is 3. The van der Waals surface area contributed by atoms with Crippen molar-refractivity contribution in [3.63, 3.8) is 0 Å². The number of non-ortho nitro benzene ring substituents is 1. The largest absolute Gasteiger partial charge is 0.459 e. The highest BCUT2D eigenvalue weighted by Crippen LogP contribution is 2.48. The number of nitrogens with zero attached hydrogens (tertiary/aromatic N) is 1. The van der Waals surface area contributed by atoms with E-state index < -0.39 is 94.3 Å². The van der Waals surface area contributed by atoms with Gasteiger partial charge in [-0.2, -0.15) is 0 Å². The predicted molar refractivity (Wildman–Crippen MR) is 165 cm³/mol. The van der Waals surface area contributed by atoms with Crippen molar-refractivity contribution in [3.05, 3.63) is 79.4 Å². The number of carbonyl (C=O) groups is 6. The summed E-state index contributed by atoms with van der Waals surface area (Å²) in [5.41, 5.74) is -0.577. The van der Waals surface area contributed by atoms with Crippen LogP contribution in [0.1, 0.15) is 71.5 Å². The first kappa shape index (κ1) is 34.1. The third-order valence-electron chi connectivity index (χ3n) is 7.74. The van der Waals surface area contributed by atoms with Gasteiger partial charge in [0.2, 0.25) is 12.4 Å². The van der Waals surface area contributed by atoms with E-state index in [9.17, 15) is 38.9 Å². The smallest absolute Gasteiger partial charge is 0.303 e. The normalized spacial score (nSPS) is 21.5. The lowest BCUT2D eigenvalue weighted by Crippen LogP contribution is -2.63. The number of aryl methyl sites for hydroxylation is 1. The monoisotopic (exact) mass is 681 g/mol. The zero-order chi connectivity index (χ0) is 35.2. The Hall–Kier alpha value is -5.21. The molecular weight excluding hydrogens is 654 g/mol. The maximum atomic E-state index is 14.2. The van der Waals surface area contributed by atoms with Crippen molar-refractivity contribution in [2.75, 3.05) is 0 Å². The van der Waals surface area contributed by atoms with Gasteiger partial charge in [-0.1, -0.05) is 41.4 Å². The number of halogens is 1. The minimum absolute atomic E-state index is 0.0219. The number of ether oxygens (including phenoxy) is 5. The van der Waals surface area contributed by atoms with E-state index in [4.69, 9.17) is 35.3 Å². The van der Waals surface area contributed by atoms with Gasteiger partial charge >= 0.3 is 17.9 Å². The molecule has 1 heterocycles. The van der Waals surface area contributed by atoms with Crippen LogP contribution in [0.3, 0.4) is 0 Å². The average molecular weight is 682 g/mol. The van der Waals surface area contributed by atoms with Crippen LogP contribution in [-0.4, -0.2) is 70.9 Å². The van der Waals surface area contributed by atoms with Crippen LogP contribution in [0.15, 0.2) is 36.4 Å². The maximum Gasteiger partial charge on any atom is 0.303 e. The van der Waals surface area contributed by atoms with Crippen molar-refractivity contribution in [1.82, 2.24) is 0 Å². The molecule has 15 heteroatoms. The van der Waals surface area contributed by atoms with E-state index in [1.54, 1.807) is 13.0 Å². The molecule has 5 rings (SSSR count). The molecule has 3 aromatic carbocycles. The van der Waals surface area contributed by atoms with Crippen LogP contribution in [-0.2, 0) is 38.1 Å². The summed E-state index contributed by atoms with van der Waals surface area (Å²) in [5, 5.41) is 11.8. The van der Waals surface area contributed by atoms with Crippen LogP contribution in [0.4, 0.5) is 5.69 Å². The van der Waals surface area contributed by atoms with Crippen molar-refractivity contribution in [1.29, 1.82) is 0 Å². The van der Waals surface area contributed by atoms with Gasteiger partial charge in [0.15, 0.2) is 23.8 Å². The van der Waals surface area contributed by atoms with E-state index in [1.807, 2.05) is 0 Å². The third kappa shape index (κ3) is 6.23. The number of nitro groups is 1. The van der Waals surface area contributed by atoms with Gasteiger partial charge in [0.1, 0.15) is 23.0 Å². The summed E-state index contributed by atoms with van der Waals surface area (Å²) in [6.45, 7) is 6.07. The Labute approximate surface area is 277 Å². The van der Waals surface area contributed by atoms with Crippen LogP contribution in [0, 0.1) is 17.0 Å². The number of nitro benzene ring substituents is 1. The Kier molecular flexibility index (Phi) is 9.33. The Balaban J connectivity index is 1.80. The van der Waals surface area contributed by atoms with Gasteiger partial charge in [-0.25, -0.2) is 0 Å². The fourth-order valence-electron chi connectivity index (χ4n) is 5.97. The zero-order valence-electron chi connectivity index (χ0n) is 26.2. The summed E-state index contributed by atoms with van der Waals surface area (Å²) < 4.78 is 28.7. The molecular formula is C33H28ClNO13. The van der Waals surface area contributed by atoms with Crippen LogP contribution in [0.5, 0.6) is 5.75 Å². The van der Waals surface area contributed by atoms with Crippen molar-refractivity contribution >= 4 is 63.3 Å². The molecule has 0 radical (unpaired) electrons. The molecule has 48 heavy (non-hydrogen) atoms. The highest BCUT2D eigenvalue weighted by atomic mass is 35.5. The Morgan fingerprint density at radius 2 is 1.46 bits per heavy atom. The van der Waals surface area contributed by atoms with Crippen LogP contribution >= 0.6 is 11.6 Å². The molecule has 1 fully saturated rings. The summed E-state index contributed by atoms with van der Waals surface area (Å²) in [7, 11) is 0. The SMILES string of the molecule is CC(=O)C[C@@H]1O[C@H](Oc2c3c(c(Cl)c4cccc([N+](=O)[O-])c24)C(=O)c2cc(C)ccc2C3=O)[C@H](OC(C)=O)[C@@H](OC(C)=O)[C@H]1OC(C)=O. The average Bonchev–Trinajstić information content (AvgIpc) is 2.99. The van der Waals surface area contributed by atoms with Gasteiger partial charge in [-0.3, -0.25) is 38.9 Å². The molecule has 1 aliphatic carbocycles. The summed E-state index contributed by atoms with van der Waals surface area (Å²) in [6.07, 6.45) is -8.46. The first-order chi connectivity index (χ1) is 22.6. The van der Waals surface area contributed by atoms with Gasteiger partial charge in [0, 0.05) is 49.8 Å². The molecule has 2 aliphatic rings. The van der Waals surface area contributed by atoms with Gasteiger partial charge in [0.05, 0.1) is 21.1 Å². The number of esters is 3. The van der Waals surface area contributed by atoms with E-state index in [0.29, 0.717) is 5.56 Å². The summed E-state index contributed by atoms with van der Waals surface area (Å²) in [5.74, 6) is -5.04. The number of rotatable bonds is 8. The highest BCUT2D eigenvalue weighted by Gasteiger charge is 2.54. The van der Waals surface area contributed by atoms with Gasteiger partial charge in [-0.15, -0.1) is 0 Å². The second-order valence-corrected chi connectivity index (χ2v) is 11.7. The van der Waals surface area contributed by atoms with E-state index in [2.05, 4.69) is 0 Å².